The summed E-state index contributed by atoms with van der Waals surface area (Å²) in [6.07, 6.45) is 4.06. The molecule has 8 nitrogen and oxygen atoms in total. The van der Waals surface area contributed by atoms with Gasteiger partial charge in [-0.3, -0.25) is 5.10 Å². The van der Waals surface area contributed by atoms with E-state index >= 15 is 0 Å². The molecule has 3 heterocycles. The monoisotopic (exact) mass is 397 g/mol. The van der Waals surface area contributed by atoms with E-state index in [1.807, 2.05) is 0 Å². The van der Waals surface area contributed by atoms with Gasteiger partial charge >= 0.3 is 0 Å². The van der Waals surface area contributed by atoms with Crippen LogP contribution < -0.4 is 10.2 Å². The van der Waals surface area contributed by atoms with Gasteiger partial charge in [0.15, 0.2) is 0 Å². The van der Waals surface area contributed by atoms with Gasteiger partial charge in [0.25, 0.3) is 0 Å². The van der Waals surface area contributed by atoms with Crippen molar-refractivity contribution >= 4 is 5.95 Å². The molecule has 3 N–H and O–H groups in total. The molecule has 0 amide bonds. The Morgan fingerprint density at radius 1 is 1.24 bits per heavy atom. The van der Waals surface area contributed by atoms with Crippen molar-refractivity contribution < 1.29 is 9.50 Å². The quantitative estimate of drug-likeness (QED) is 0.622. The normalized spacial score (nSPS) is 17.1. The lowest BCUT2D eigenvalue weighted by Gasteiger charge is -2.25. The Morgan fingerprint density at radius 2 is 2.07 bits per heavy atom. The molecule has 0 unspecified atom stereocenters. The fraction of sp³-hybridized carbons (Fsp3) is 0.400. The third kappa shape index (κ3) is 4.19. The first-order valence-electron chi connectivity index (χ1n) is 9.55. The first-order valence-corrected chi connectivity index (χ1v) is 9.55. The number of phenolic OH excluding ortho intramolecular Hbond substituents is 1. The molecular weight excluding hydrogens is 373 g/mol. The van der Waals surface area contributed by atoms with Crippen molar-refractivity contribution in [2.24, 2.45) is 0 Å². The highest BCUT2D eigenvalue weighted by Gasteiger charge is 2.27. The number of hydrogen-bond donors (Lipinski definition) is 3. The van der Waals surface area contributed by atoms with Crippen LogP contribution in [-0.2, 0) is 0 Å². The zero-order chi connectivity index (χ0) is 20.6. The lowest BCUT2D eigenvalue weighted by molar-refractivity contribution is 0.373. The van der Waals surface area contributed by atoms with E-state index in [4.69, 9.17) is 0 Å². The van der Waals surface area contributed by atoms with Gasteiger partial charge in [-0.05, 0) is 44.9 Å². The number of halogens is 1. The van der Waals surface area contributed by atoms with Crippen LogP contribution in [0, 0.1) is 5.95 Å². The van der Waals surface area contributed by atoms with E-state index < -0.39 is 5.95 Å². The van der Waals surface area contributed by atoms with E-state index in [-0.39, 0.29) is 11.3 Å². The molecule has 1 aromatic carbocycles. The van der Waals surface area contributed by atoms with E-state index in [9.17, 15) is 9.50 Å². The minimum absolute atomic E-state index is 0.0254. The van der Waals surface area contributed by atoms with Gasteiger partial charge in [-0.2, -0.15) is 4.39 Å². The highest BCUT2D eigenvalue weighted by molar-refractivity contribution is 5.73. The van der Waals surface area contributed by atoms with Crippen molar-refractivity contribution in [3.8, 4) is 28.1 Å². The van der Waals surface area contributed by atoms with Gasteiger partial charge in [-0.1, -0.05) is 6.07 Å². The lowest BCUT2D eigenvalue weighted by Crippen LogP contribution is -2.45. The Bertz CT molecular complexity index is 997. The fourth-order valence-electron chi connectivity index (χ4n) is 3.60. The number of hydrogen-bond acceptors (Lipinski definition) is 7. The molecule has 1 saturated heterocycles. The molecule has 152 valence electrons. The van der Waals surface area contributed by atoms with Crippen LogP contribution in [0.4, 0.5) is 10.3 Å². The number of phenols is 1. The summed E-state index contributed by atoms with van der Waals surface area (Å²) >= 11 is 0. The molecule has 2 aromatic heterocycles. The summed E-state index contributed by atoms with van der Waals surface area (Å²) < 4.78 is 13.6. The Morgan fingerprint density at radius 3 is 2.69 bits per heavy atom. The number of rotatable bonds is 4. The van der Waals surface area contributed by atoms with Crippen LogP contribution in [0.15, 0.2) is 30.6 Å². The second-order valence-corrected chi connectivity index (χ2v) is 8.29. The number of H-pyrrole nitrogens is 1. The summed E-state index contributed by atoms with van der Waals surface area (Å²) in [5.41, 5.74) is 1.81. The van der Waals surface area contributed by atoms with Crippen LogP contribution in [0.3, 0.4) is 0 Å². The molecule has 0 spiro atoms. The van der Waals surface area contributed by atoms with Crippen molar-refractivity contribution in [1.29, 1.82) is 0 Å². The molecule has 29 heavy (non-hydrogen) atoms. The molecule has 3 aromatic rings. The van der Waals surface area contributed by atoms with Crippen LogP contribution in [0.2, 0.25) is 0 Å². The van der Waals surface area contributed by atoms with E-state index in [2.05, 4.69) is 56.4 Å². The van der Waals surface area contributed by atoms with Crippen LogP contribution in [0.1, 0.15) is 27.2 Å². The number of aromatic amines is 1. The average molecular weight is 397 g/mol. The van der Waals surface area contributed by atoms with Gasteiger partial charge in [0.1, 0.15) is 11.4 Å². The Hall–Kier alpha value is -3.07. The van der Waals surface area contributed by atoms with E-state index in [0.717, 1.165) is 19.5 Å². The number of aromatic hydroxyl groups is 1. The number of anilines is 1. The number of benzene rings is 1. The summed E-state index contributed by atoms with van der Waals surface area (Å²) in [5, 5.41) is 28.4. The first-order chi connectivity index (χ1) is 13.8. The number of aromatic nitrogens is 5. The van der Waals surface area contributed by atoms with Gasteiger partial charge in [0, 0.05) is 36.4 Å². The molecule has 1 aliphatic rings. The zero-order valence-electron chi connectivity index (χ0n) is 16.6. The SMILES string of the molecule is CC(C)(C)N[C@H]1CCN(c2ncc(-c3ccc(-c4c[nH]nc4F)cc3O)nn2)C1. The maximum absolute atomic E-state index is 13.6. The summed E-state index contributed by atoms with van der Waals surface area (Å²) in [6.45, 7) is 8.16. The minimum atomic E-state index is -0.618. The predicted molar refractivity (Wildman–Crippen MR) is 108 cm³/mol. The second kappa shape index (κ2) is 7.40. The maximum Gasteiger partial charge on any atom is 0.245 e. The van der Waals surface area contributed by atoms with Crippen molar-refractivity contribution in [3.05, 3.63) is 36.5 Å². The first kappa shape index (κ1) is 19.3. The standard InChI is InChI=1S/C20H24FN7O/c1-20(2,3)24-13-6-7-28(11-13)19-22-10-16(25-27-19)14-5-4-12(8-17(14)29)15-9-23-26-18(15)21/h4-5,8-10,13,24,29H,6-7,11H2,1-3H3,(H,23,26)/t13-/m0/s1. The third-order valence-corrected chi connectivity index (χ3v) is 4.84. The summed E-state index contributed by atoms with van der Waals surface area (Å²) in [7, 11) is 0. The fourth-order valence-corrected chi connectivity index (χ4v) is 3.60. The third-order valence-electron chi connectivity index (χ3n) is 4.84. The van der Waals surface area contributed by atoms with Crippen LogP contribution >= 0.6 is 0 Å². The van der Waals surface area contributed by atoms with Crippen molar-refractivity contribution in [3.63, 3.8) is 0 Å². The maximum atomic E-state index is 13.6. The molecular formula is C20H24FN7O. The van der Waals surface area contributed by atoms with E-state index in [1.54, 1.807) is 18.3 Å². The van der Waals surface area contributed by atoms with E-state index in [1.165, 1.54) is 12.3 Å². The van der Waals surface area contributed by atoms with Gasteiger partial charge in [0.2, 0.25) is 11.9 Å². The largest absolute Gasteiger partial charge is 0.507 e. The lowest BCUT2D eigenvalue weighted by atomic mass is 10.0. The molecule has 0 bridgehead atoms. The molecule has 0 aliphatic carbocycles. The minimum Gasteiger partial charge on any atom is -0.507 e. The van der Waals surface area contributed by atoms with Crippen LogP contribution in [0.25, 0.3) is 22.4 Å². The summed E-state index contributed by atoms with van der Waals surface area (Å²) in [4.78, 5) is 6.54. The average Bonchev–Trinajstić information content (AvgIpc) is 3.29. The van der Waals surface area contributed by atoms with Crippen LogP contribution in [-0.4, -0.2) is 55.2 Å². The summed E-state index contributed by atoms with van der Waals surface area (Å²) in [5.74, 6) is -0.0704. The molecule has 1 aliphatic heterocycles. The topological polar surface area (TPSA) is 103 Å². The van der Waals surface area contributed by atoms with Crippen molar-refractivity contribution in [2.45, 2.75) is 38.8 Å². The Kier molecular flexibility index (Phi) is 4.91. The molecule has 4 rings (SSSR count). The van der Waals surface area contributed by atoms with Crippen molar-refractivity contribution in [1.82, 2.24) is 30.7 Å². The molecule has 1 atom stereocenters. The van der Waals surface area contributed by atoms with Gasteiger partial charge < -0.3 is 15.3 Å². The predicted octanol–water partition coefficient (Wildman–Crippen LogP) is 2.74. The molecule has 9 heteroatoms. The molecule has 0 radical (unpaired) electrons. The van der Waals surface area contributed by atoms with Crippen molar-refractivity contribution in [2.75, 3.05) is 18.0 Å². The van der Waals surface area contributed by atoms with Gasteiger partial charge in [-0.25, -0.2) is 4.98 Å². The second-order valence-electron chi connectivity index (χ2n) is 8.29. The number of nitrogens with one attached hydrogen (secondary N) is 2. The van der Waals surface area contributed by atoms with E-state index in [0.29, 0.717) is 34.4 Å². The highest BCUT2D eigenvalue weighted by atomic mass is 19.1. The Labute approximate surface area is 168 Å². The molecule has 1 fully saturated rings. The highest BCUT2D eigenvalue weighted by Crippen LogP contribution is 2.32. The zero-order valence-corrected chi connectivity index (χ0v) is 16.6. The summed E-state index contributed by atoms with van der Waals surface area (Å²) in [6, 6.07) is 5.23. The number of nitrogens with zero attached hydrogens (tertiary/aromatic N) is 5. The van der Waals surface area contributed by atoms with Crippen LogP contribution in [0.5, 0.6) is 5.75 Å². The smallest absolute Gasteiger partial charge is 0.245 e. The van der Waals surface area contributed by atoms with Gasteiger partial charge in [0.05, 0.1) is 11.8 Å². The van der Waals surface area contributed by atoms with Gasteiger partial charge in [-0.15, -0.1) is 15.3 Å². The Balaban J connectivity index is 1.49. The molecule has 0 saturated carbocycles.